The lowest BCUT2D eigenvalue weighted by Gasteiger charge is -2.22. The Kier molecular flexibility index (Phi) is 7.46. The number of likely N-dealkylation sites (N-methyl/N-ethyl adjacent to an activating group) is 1. The Morgan fingerprint density at radius 2 is 2.05 bits per heavy atom. The van der Waals surface area contributed by atoms with E-state index in [2.05, 4.69) is 17.3 Å². The largest absolute Gasteiger partial charge is 0.444 e. The van der Waals surface area contributed by atoms with Gasteiger partial charge in [-0.2, -0.15) is 0 Å². The molecule has 0 bridgehead atoms. The molecule has 1 N–H and O–H groups in total. The third-order valence-electron chi connectivity index (χ3n) is 3.65. The standard InChI is InChI=1S/C16H32N2O3/c1-6-20-10-9-18(5)12-13-7-8-14(11-13)17-15(19)21-16(2,3)4/h13-14H,6-12H2,1-5H3,(H,17,19)/t13-,14+/m1/s1. The van der Waals surface area contributed by atoms with Gasteiger partial charge in [0.2, 0.25) is 0 Å². The molecule has 1 fully saturated rings. The lowest BCUT2D eigenvalue weighted by atomic mass is 10.1. The van der Waals surface area contributed by atoms with Gasteiger partial charge >= 0.3 is 6.09 Å². The second kappa shape index (κ2) is 8.59. The molecular formula is C16H32N2O3. The molecule has 1 aliphatic carbocycles. The molecule has 0 aromatic carbocycles. The van der Waals surface area contributed by atoms with Crippen LogP contribution in [0.25, 0.3) is 0 Å². The van der Waals surface area contributed by atoms with Gasteiger partial charge in [0.15, 0.2) is 0 Å². The van der Waals surface area contributed by atoms with Gasteiger partial charge in [0.25, 0.3) is 0 Å². The first-order valence-electron chi connectivity index (χ1n) is 8.06. The molecule has 0 aliphatic heterocycles. The van der Waals surface area contributed by atoms with Gasteiger partial charge in [0.05, 0.1) is 6.61 Å². The van der Waals surface area contributed by atoms with E-state index in [9.17, 15) is 4.79 Å². The Labute approximate surface area is 129 Å². The fourth-order valence-corrected chi connectivity index (χ4v) is 2.74. The maximum Gasteiger partial charge on any atom is 0.407 e. The van der Waals surface area contributed by atoms with Crippen molar-refractivity contribution >= 4 is 6.09 Å². The lowest BCUT2D eigenvalue weighted by Crippen LogP contribution is -2.38. The highest BCUT2D eigenvalue weighted by Crippen LogP contribution is 2.26. The van der Waals surface area contributed by atoms with Crippen molar-refractivity contribution in [1.82, 2.24) is 10.2 Å². The summed E-state index contributed by atoms with van der Waals surface area (Å²) in [6.45, 7) is 11.3. The maximum absolute atomic E-state index is 11.8. The maximum atomic E-state index is 11.8. The van der Waals surface area contributed by atoms with Crippen molar-refractivity contribution in [3.8, 4) is 0 Å². The van der Waals surface area contributed by atoms with E-state index in [1.54, 1.807) is 0 Å². The zero-order chi connectivity index (χ0) is 15.9. The number of rotatable bonds is 7. The number of carbonyl (C=O) groups excluding carboxylic acids is 1. The highest BCUT2D eigenvalue weighted by molar-refractivity contribution is 5.68. The molecule has 0 aromatic rings. The summed E-state index contributed by atoms with van der Waals surface area (Å²) in [5.74, 6) is 0.650. The summed E-state index contributed by atoms with van der Waals surface area (Å²) in [5, 5.41) is 2.99. The first-order valence-corrected chi connectivity index (χ1v) is 8.06. The molecule has 21 heavy (non-hydrogen) atoms. The van der Waals surface area contributed by atoms with Crippen LogP contribution in [0, 0.1) is 5.92 Å². The predicted octanol–water partition coefficient (Wildman–Crippen LogP) is 2.65. The van der Waals surface area contributed by atoms with E-state index >= 15 is 0 Å². The van der Waals surface area contributed by atoms with Crippen molar-refractivity contribution in [2.45, 2.75) is 58.6 Å². The van der Waals surface area contributed by atoms with Crippen molar-refractivity contribution < 1.29 is 14.3 Å². The topological polar surface area (TPSA) is 50.8 Å². The van der Waals surface area contributed by atoms with Crippen LogP contribution in [0.2, 0.25) is 0 Å². The van der Waals surface area contributed by atoms with Gasteiger partial charge in [-0.25, -0.2) is 4.79 Å². The van der Waals surface area contributed by atoms with Gasteiger partial charge in [-0.1, -0.05) is 0 Å². The third kappa shape index (κ3) is 8.27. The Balaban J connectivity index is 2.21. The zero-order valence-corrected chi connectivity index (χ0v) is 14.3. The Hall–Kier alpha value is -0.810. The van der Waals surface area contributed by atoms with Crippen LogP contribution in [0.1, 0.15) is 47.0 Å². The molecule has 0 spiro atoms. The second-order valence-electron chi connectivity index (χ2n) is 6.98. The van der Waals surface area contributed by atoms with Gasteiger partial charge < -0.3 is 19.7 Å². The highest BCUT2D eigenvalue weighted by atomic mass is 16.6. The lowest BCUT2D eigenvalue weighted by molar-refractivity contribution is 0.0504. The van der Waals surface area contributed by atoms with Crippen molar-refractivity contribution in [2.24, 2.45) is 5.92 Å². The molecule has 0 unspecified atom stereocenters. The molecule has 0 saturated heterocycles. The SMILES string of the molecule is CCOCCN(C)C[C@@H]1CC[C@H](NC(=O)OC(C)(C)C)C1. The van der Waals surface area contributed by atoms with Crippen LogP contribution in [-0.2, 0) is 9.47 Å². The van der Waals surface area contributed by atoms with Gasteiger partial charge in [-0.3, -0.25) is 0 Å². The van der Waals surface area contributed by atoms with Crippen molar-refractivity contribution in [3.63, 3.8) is 0 Å². The third-order valence-corrected chi connectivity index (χ3v) is 3.65. The quantitative estimate of drug-likeness (QED) is 0.734. The summed E-state index contributed by atoms with van der Waals surface area (Å²) in [5.41, 5.74) is -0.429. The van der Waals surface area contributed by atoms with Crippen LogP contribution in [-0.4, -0.2) is 56.0 Å². The monoisotopic (exact) mass is 300 g/mol. The average molecular weight is 300 g/mol. The Morgan fingerprint density at radius 1 is 1.33 bits per heavy atom. The van der Waals surface area contributed by atoms with E-state index in [4.69, 9.17) is 9.47 Å². The summed E-state index contributed by atoms with van der Waals surface area (Å²) >= 11 is 0. The minimum atomic E-state index is -0.429. The molecule has 124 valence electrons. The zero-order valence-electron chi connectivity index (χ0n) is 14.3. The van der Waals surface area contributed by atoms with Gasteiger partial charge in [0.1, 0.15) is 5.60 Å². The summed E-state index contributed by atoms with van der Waals surface area (Å²) in [4.78, 5) is 14.1. The molecule has 1 saturated carbocycles. The van der Waals surface area contributed by atoms with E-state index in [0.29, 0.717) is 5.92 Å². The summed E-state index contributed by atoms with van der Waals surface area (Å²) in [6, 6.07) is 0.255. The minimum absolute atomic E-state index is 0.255. The fraction of sp³-hybridized carbons (Fsp3) is 0.938. The average Bonchev–Trinajstić information content (AvgIpc) is 2.74. The first-order chi connectivity index (χ1) is 9.80. The van der Waals surface area contributed by atoms with E-state index < -0.39 is 5.60 Å². The number of hydrogen-bond donors (Lipinski definition) is 1. The minimum Gasteiger partial charge on any atom is -0.444 e. The summed E-state index contributed by atoms with van der Waals surface area (Å²) in [7, 11) is 2.13. The van der Waals surface area contributed by atoms with Crippen LogP contribution in [0.5, 0.6) is 0 Å². The number of amides is 1. The molecule has 0 aromatic heterocycles. The number of carbonyl (C=O) groups is 1. The van der Waals surface area contributed by atoms with E-state index in [0.717, 1.165) is 39.1 Å². The van der Waals surface area contributed by atoms with Crippen LogP contribution in [0.15, 0.2) is 0 Å². The number of nitrogens with one attached hydrogen (secondary N) is 1. The summed E-state index contributed by atoms with van der Waals surface area (Å²) in [6.07, 6.45) is 2.96. The van der Waals surface area contributed by atoms with Crippen molar-refractivity contribution in [3.05, 3.63) is 0 Å². The molecule has 5 heteroatoms. The molecule has 1 rings (SSSR count). The molecular weight excluding hydrogens is 268 g/mol. The molecule has 0 radical (unpaired) electrons. The molecule has 1 amide bonds. The number of nitrogens with zero attached hydrogens (tertiary/aromatic N) is 1. The molecule has 5 nitrogen and oxygen atoms in total. The summed E-state index contributed by atoms with van der Waals surface area (Å²) < 4.78 is 10.7. The van der Waals surface area contributed by atoms with Crippen molar-refractivity contribution in [1.29, 1.82) is 0 Å². The van der Waals surface area contributed by atoms with Crippen molar-refractivity contribution in [2.75, 3.05) is 33.4 Å². The van der Waals surface area contributed by atoms with Gasteiger partial charge in [-0.05, 0) is 59.9 Å². The van der Waals surface area contributed by atoms with E-state index in [1.165, 1.54) is 6.42 Å². The second-order valence-corrected chi connectivity index (χ2v) is 6.98. The molecule has 2 atom stereocenters. The van der Waals surface area contributed by atoms with Gasteiger partial charge in [-0.15, -0.1) is 0 Å². The number of ether oxygens (including phenoxy) is 2. The van der Waals surface area contributed by atoms with Crippen LogP contribution in [0.4, 0.5) is 4.79 Å². The highest BCUT2D eigenvalue weighted by Gasteiger charge is 2.28. The van der Waals surface area contributed by atoms with Crippen LogP contribution >= 0.6 is 0 Å². The molecule has 1 aliphatic rings. The molecule has 0 heterocycles. The number of alkyl carbamates (subject to hydrolysis) is 1. The number of hydrogen-bond acceptors (Lipinski definition) is 4. The Bertz CT molecular complexity index is 315. The van der Waals surface area contributed by atoms with Crippen LogP contribution < -0.4 is 5.32 Å². The van der Waals surface area contributed by atoms with E-state index in [1.807, 2.05) is 27.7 Å². The smallest absolute Gasteiger partial charge is 0.407 e. The normalized spacial score (nSPS) is 22.6. The fourth-order valence-electron chi connectivity index (χ4n) is 2.74. The van der Waals surface area contributed by atoms with Gasteiger partial charge in [0, 0.05) is 25.7 Å². The van der Waals surface area contributed by atoms with Crippen LogP contribution in [0.3, 0.4) is 0 Å². The first kappa shape index (κ1) is 18.2. The van der Waals surface area contributed by atoms with E-state index in [-0.39, 0.29) is 12.1 Å². The Morgan fingerprint density at radius 3 is 2.67 bits per heavy atom. The predicted molar refractivity (Wildman–Crippen MR) is 84.5 cm³/mol.